The highest BCUT2D eigenvalue weighted by Crippen LogP contribution is 2.24. The fourth-order valence-corrected chi connectivity index (χ4v) is 2.67. The van der Waals surface area contributed by atoms with Crippen LogP contribution in [0.25, 0.3) is 0 Å². The van der Waals surface area contributed by atoms with Crippen molar-refractivity contribution in [1.82, 2.24) is 0 Å². The molecule has 1 aromatic heterocycles. The maximum absolute atomic E-state index is 11.3. The molecule has 1 aromatic carbocycles. The third-order valence-electron chi connectivity index (χ3n) is 3.82. The number of rotatable bonds is 4. The van der Waals surface area contributed by atoms with Gasteiger partial charge in [-0.2, -0.15) is 0 Å². The number of halogens is 1. The van der Waals surface area contributed by atoms with Crippen molar-refractivity contribution in [3.8, 4) is 0 Å². The highest BCUT2D eigenvalue weighted by molar-refractivity contribution is 14.0. The number of benzene rings is 1. The lowest BCUT2D eigenvalue weighted by Gasteiger charge is -2.07. The first-order valence-electron chi connectivity index (χ1n) is 7.51. The van der Waals surface area contributed by atoms with Crippen LogP contribution in [0.5, 0.6) is 0 Å². The highest BCUT2D eigenvalue weighted by atomic mass is 127. The van der Waals surface area contributed by atoms with Crippen LogP contribution in [-0.2, 0) is 24.1 Å². The summed E-state index contributed by atoms with van der Waals surface area (Å²) in [5, 5.41) is 3.08. The molecule has 0 unspecified atom stereocenters. The van der Waals surface area contributed by atoms with Gasteiger partial charge in [-0.1, -0.05) is 6.07 Å². The molecule has 0 spiro atoms. The quantitative estimate of drug-likeness (QED) is 0.330. The number of furan rings is 1. The summed E-state index contributed by atoms with van der Waals surface area (Å²) in [6.45, 7) is 0.251. The summed E-state index contributed by atoms with van der Waals surface area (Å²) in [6.07, 6.45) is 3.48. The van der Waals surface area contributed by atoms with Crippen LogP contribution in [0.1, 0.15) is 33.9 Å². The molecule has 0 saturated carbocycles. The lowest BCUT2D eigenvalue weighted by Crippen LogP contribution is -2.22. The van der Waals surface area contributed by atoms with Gasteiger partial charge in [0.2, 0.25) is 5.76 Å². The van der Waals surface area contributed by atoms with E-state index in [1.165, 1.54) is 24.7 Å². The molecule has 128 valence electrons. The van der Waals surface area contributed by atoms with E-state index >= 15 is 0 Å². The molecule has 0 bridgehead atoms. The molecule has 0 saturated heterocycles. The predicted octanol–water partition coefficient (Wildman–Crippen LogP) is 3.10. The molecule has 7 heteroatoms. The summed E-state index contributed by atoms with van der Waals surface area (Å²) in [5.74, 6) is 0.496. The zero-order valence-electron chi connectivity index (χ0n) is 13.4. The van der Waals surface area contributed by atoms with Crippen molar-refractivity contribution in [2.75, 3.05) is 12.4 Å². The van der Waals surface area contributed by atoms with Crippen molar-refractivity contribution in [2.24, 2.45) is 10.7 Å². The summed E-state index contributed by atoms with van der Waals surface area (Å²) in [6, 6.07) is 9.49. The van der Waals surface area contributed by atoms with Gasteiger partial charge in [0.25, 0.3) is 0 Å². The minimum absolute atomic E-state index is 0. The largest absolute Gasteiger partial charge is 0.463 e. The van der Waals surface area contributed by atoms with Gasteiger partial charge >= 0.3 is 5.97 Å². The van der Waals surface area contributed by atoms with Crippen LogP contribution in [0.2, 0.25) is 0 Å². The Balaban J connectivity index is 0.00000208. The van der Waals surface area contributed by atoms with E-state index in [9.17, 15) is 4.79 Å². The number of nitrogens with one attached hydrogen (secondary N) is 1. The third-order valence-corrected chi connectivity index (χ3v) is 3.82. The molecule has 0 amide bonds. The van der Waals surface area contributed by atoms with Crippen molar-refractivity contribution in [1.29, 1.82) is 0 Å². The Hall–Kier alpha value is -2.03. The number of nitrogens with two attached hydrogens (primary N) is 1. The van der Waals surface area contributed by atoms with Crippen LogP contribution in [0.15, 0.2) is 39.7 Å². The van der Waals surface area contributed by atoms with Gasteiger partial charge in [-0.25, -0.2) is 9.79 Å². The number of esters is 1. The molecule has 2 aromatic rings. The Morgan fingerprint density at radius 2 is 2.08 bits per heavy atom. The van der Waals surface area contributed by atoms with Crippen LogP contribution < -0.4 is 11.1 Å². The van der Waals surface area contributed by atoms with Crippen LogP contribution in [0.4, 0.5) is 5.69 Å². The standard InChI is InChI=1S/C17H19N3O3.HI/c1-22-16(21)15-8-7-14(23-15)10-19-17(18)20-13-6-5-11-3-2-4-12(11)9-13;/h5-9H,2-4,10H2,1H3,(H3,18,19,20);1H. The number of hydrogen-bond acceptors (Lipinski definition) is 4. The molecule has 3 N–H and O–H groups in total. The van der Waals surface area contributed by atoms with Gasteiger partial charge in [0.1, 0.15) is 12.3 Å². The number of nitrogens with zero attached hydrogens (tertiary/aromatic N) is 1. The van der Waals surface area contributed by atoms with Gasteiger partial charge in [0.05, 0.1) is 7.11 Å². The molecule has 3 rings (SSSR count). The average molecular weight is 441 g/mol. The van der Waals surface area contributed by atoms with E-state index in [0.29, 0.717) is 11.7 Å². The van der Waals surface area contributed by atoms with Crippen molar-refractivity contribution in [3.05, 3.63) is 53.0 Å². The van der Waals surface area contributed by atoms with Crippen molar-refractivity contribution < 1.29 is 13.9 Å². The van der Waals surface area contributed by atoms with Crippen molar-refractivity contribution >= 4 is 41.6 Å². The first-order valence-corrected chi connectivity index (χ1v) is 7.51. The Morgan fingerprint density at radius 1 is 1.29 bits per heavy atom. The molecule has 0 atom stereocenters. The number of carbonyl (C=O) groups is 1. The van der Waals surface area contributed by atoms with Gasteiger partial charge in [-0.15, -0.1) is 24.0 Å². The normalized spacial score (nSPS) is 13.1. The van der Waals surface area contributed by atoms with E-state index in [4.69, 9.17) is 10.2 Å². The van der Waals surface area contributed by atoms with Gasteiger partial charge in [-0.05, 0) is 54.7 Å². The van der Waals surface area contributed by atoms with E-state index in [0.717, 1.165) is 18.5 Å². The van der Waals surface area contributed by atoms with E-state index in [1.807, 2.05) is 6.07 Å². The molecule has 6 nitrogen and oxygen atoms in total. The molecule has 1 aliphatic carbocycles. The van der Waals surface area contributed by atoms with Crippen LogP contribution in [0, 0.1) is 0 Å². The Bertz CT molecular complexity index is 755. The monoisotopic (exact) mass is 441 g/mol. The number of aliphatic imine (C=N–C) groups is 1. The number of anilines is 1. The summed E-state index contributed by atoms with van der Waals surface area (Å²) >= 11 is 0. The molecule has 0 radical (unpaired) electrons. The minimum Gasteiger partial charge on any atom is -0.463 e. The van der Waals surface area contributed by atoms with Crippen LogP contribution >= 0.6 is 24.0 Å². The molecule has 1 heterocycles. The highest BCUT2D eigenvalue weighted by Gasteiger charge is 2.12. The van der Waals surface area contributed by atoms with E-state index in [2.05, 4.69) is 27.2 Å². The first kappa shape index (κ1) is 18.3. The third kappa shape index (κ3) is 4.28. The van der Waals surface area contributed by atoms with Crippen LogP contribution in [-0.4, -0.2) is 19.0 Å². The number of guanidine groups is 1. The number of hydrogen-bond donors (Lipinski definition) is 2. The molecular weight excluding hydrogens is 421 g/mol. The predicted molar refractivity (Wildman–Crippen MR) is 103 cm³/mol. The zero-order valence-corrected chi connectivity index (χ0v) is 15.7. The SMILES string of the molecule is COC(=O)c1ccc(CN=C(N)Nc2ccc3c(c2)CCC3)o1.I. The maximum Gasteiger partial charge on any atom is 0.373 e. The zero-order chi connectivity index (χ0) is 16.2. The molecule has 24 heavy (non-hydrogen) atoms. The Kier molecular flexibility index (Phi) is 6.24. The summed E-state index contributed by atoms with van der Waals surface area (Å²) in [5.41, 5.74) is 9.61. The molecule has 1 aliphatic rings. The lowest BCUT2D eigenvalue weighted by atomic mass is 10.1. The number of aryl methyl sites for hydroxylation is 2. The van der Waals surface area contributed by atoms with E-state index in [1.54, 1.807) is 12.1 Å². The smallest absolute Gasteiger partial charge is 0.373 e. The second-order valence-electron chi connectivity index (χ2n) is 5.42. The van der Waals surface area contributed by atoms with Gasteiger partial charge in [-0.3, -0.25) is 0 Å². The summed E-state index contributed by atoms with van der Waals surface area (Å²) in [7, 11) is 1.31. The molecule has 0 fully saturated rings. The molecular formula is C17H20IN3O3. The second kappa shape index (κ2) is 8.18. The van der Waals surface area contributed by atoms with Crippen molar-refractivity contribution in [3.63, 3.8) is 0 Å². The van der Waals surface area contributed by atoms with E-state index < -0.39 is 5.97 Å². The van der Waals surface area contributed by atoms with Gasteiger partial charge < -0.3 is 20.2 Å². The van der Waals surface area contributed by atoms with E-state index in [-0.39, 0.29) is 36.3 Å². The Morgan fingerprint density at radius 3 is 2.88 bits per heavy atom. The number of carbonyl (C=O) groups excluding carboxylic acids is 1. The fraction of sp³-hybridized carbons (Fsp3) is 0.294. The minimum atomic E-state index is -0.510. The topological polar surface area (TPSA) is 89.8 Å². The maximum atomic E-state index is 11.3. The van der Waals surface area contributed by atoms with Gasteiger partial charge in [0.15, 0.2) is 5.96 Å². The first-order chi connectivity index (χ1) is 11.2. The second-order valence-corrected chi connectivity index (χ2v) is 5.42. The average Bonchev–Trinajstić information content (AvgIpc) is 3.20. The molecule has 0 aliphatic heterocycles. The summed E-state index contributed by atoms with van der Waals surface area (Å²) < 4.78 is 9.92. The Labute approximate surface area is 157 Å². The van der Waals surface area contributed by atoms with Crippen LogP contribution in [0.3, 0.4) is 0 Å². The fourth-order valence-electron chi connectivity index (χ4n) is 2.67. The van der Waals surface area contributed by atoms with Crippen molar-refractivity contribution in [2.45, 2.75) is 25.8 Å². The number of ether oxygens (including phenoxy) is 1. The lowest BCUT2D eigenvalue weighted by molar-refractivity contribution is 0.0563. The summed E-state index contributed by atoms with van der Waals surface area (Å²) in [4.78, 5) is 15.5. The number of fused-ring (bicyclic) bond motifs is 1. The number of methoxy groups -OCH3 is 1. The van der Waals surface area contributed by atoms with Gasteiger partial charge in [0, 0.05) is 5.69 Å².